The summed E-state index contributed by atoms with van der Waals surface area (Å²) in [4.78, 5) is 0. The Bertz CT molecular complexity index is 502. The van der Waals surface area contributed by atoms with E-state index in [1.54, 1.807) is 10.9 Å². The highest BCUT2D eigenvalue weighted by molar-refractivity contribution is 5.38. The molecule has 0 aliphatic carbocycles. The molecule has 1 aromatic carbocycles. The van der Waals surface area contributed by atoms with Gasteiger partial charge in [0, 0.05) is 18.8 Å². The van der Waals surface area contributed by atoms with Gasteiger partial charge in [0.2, 0.25) is 0 Å². The largest absolute Gasteiger partial charge is 0.384 e. The lowest BCUT2D eigenvalue weighted by Crippen LogP contribution is -2.02. The van der Waals surface area contributed by atoms with Crippen molar-refractivity contribution in [2.75, 3.05) is 0 Å². The zero-order valence-corrected chi connectivity index (χ0v) is 9.81. The predicted octanol–water partition coefficient (Wildman–Crippen LogP) is 2.12. The third-order valence-electron chi connectivity index (χ3n) is 2.98. The molecule has 2 aromatic rings. The molecule has 3 nitrogen and oxygen atoms in total. The van der Waals surface area contributed by atoms with E-state index in [2.05, 4.69) is 18.1 Å². The fraction of sp³-hybridized carbons (Fsp3) is 0.308. The molecule has 2 rings (SSSR count). The van der Waals surface area contributed by atoms with E-state index in [1.807, 2.05) is 32.3 Å². The van der Waals surface area contributed by atoms with Gasteiger partial charge < -0.3 is 5.11 Å². The average Bonchev–Trinajstić information content (AvgIpc) is 2.68. The first kappa shape index (κ1) is 10.9. The van der Waals surface area contributed by atoms with E-state index in [-0.39, 0.29) is 0 Å². The van der Waals surface area contributed by atoms with Crippen molar-refractivity contribution in [3.63, 3.8) is 0 Å². The van der Waals surface area contributed by atoms with Gasteiger partial charge in [-0.15, -0.1) is 0 Å². The molecule has 0 bridgehead atoms. The number of hydrogen-bond donors (Lipinski definition) is 1. The van der Waals surface area contributed by atoms with Gasteiger partial charge in [-0.1, -0.05) is 18.2 Å². The third kappa shape index (κ3) is 1.86. The molecule has 0 aliphatic heterocycles. The van der Waals surface area contributed by atoms with Crippen molar-refractivity contribution in [1.29, 1.82) is 0 Å². The van der Waals surface area contributed by atoms with Crippen molar-refractivity contribution in [2.45, 2.75) is 20.0 Å². The Kier molecular flexibility index (Phi) is 2.79. The van der Waals surface area contributed by atoms with E-state index in [4.69, 9.17) is 0 Å². The minimum atomic E-state index is -0.589. The molecule has 0 amide bonds. The highest BCUT2D eigenvalue weighted by Gasteiger charge is 2.14. The average molecular weight is 216 g/mol. The highest BCUT2D eigenvalue weighted by Crippen LogP contribution is 2.25. The minimum absolute atomic E-state index is 0.589. The second kappa shape index (κ2) is 4.10. The summed E-state index contributed by atoms with van der Waals surface area (Å²) in [5, 5.41) is 14.3. The van der Waals surface area contributed by atoms with Crippen LogP contribution in [0.25, 0.3) is 0 Å². The quantitative estimate of drug-likeness (QED) is 0.835. The number of aromatic nitrogens is 2. The Morgan fingerprint density at radius 2 is 2.06 bits per heavy atom. The smallest absolute Gasteiger partial charge is 0.107 e. The van der Waals surface area contributed by atoms with Crippen LogP contribution in [0.5, 0.6) is 0 Å². The lowest BCUT2D eigenvalue weighted by Gasteiger charge is -2.13. The molecule has 0 radical (unpaired) electrons. The first-order valence-corrected chi connectivity index (χ1v) is 5.32. The van der Waals surface area contributed by atoms with Crippen molar-refractivity contribution < 1.29 is 5.11 Å². The molecule has 0 fully saturated rings. The third-order valence-corrected chi connectivity index (χ3v) is 2.98. The van der Waals surface area contributed by atoms with Gasteiger partial charge in [0.05, 0.1) is 6.20 Å². The number of rotatable bonds is 2. The van der Waals surface area contributed by atoms with Gasteiger partial charge in [0.15, 0.2) is 0 Å². The summed E-state index contributed by atoms with van der Waals surface area (Å²) in [6.45, 7) is 4.08. The first-order valence-electron chi connectivity index (χ1n) is 5.32. The summed E-state index contributed by atoms with van der Waals surface area (Å²) < 4.78 is 1.70. The van der Waals surface area contributed by atoms with E-state index in [9.17, 15) is 5.11 Å². The van der Waals surface area contributed by atoms with Crippen LogP contribution >= 0.6 is 0 Å². The number of nitrogens with zero attached hydrogens (tertiary/aromatic N) is 2. The Labute approximate surface area is 95.3 Å². The molecule has 84 valence electrons. The van der Waals surface area contributed by atoms with E-state index < -0.39 is 6.10 Å². The van der Waals surface area contributed by atoms with Crippen LogP contribution in [0.4, 0.5) is 0 Å². The van der Waals surface area contributed by atoms with E-state index in [0.717, 1.165) is 16.7 Å². The van der Waals surface area contributed by atoms with Crippen molar-refractivity contribution in [3.8, 4) is 0 Å². The fourth-order valence-corrected chi connectivity index (χ4v) is 1.83. The summed E-state index contributed by atoms with van der Waals surface area (Å²) in [6, 6.07) is 5.98. The molecule has 16 heavy (non-hydrogen) atoms. The van der Waals surface area contributed by atoms with E-state index >= 15 is 0 Å². The fourth-order valence-electron chi connectivity index (χ4n) is 1.83. The van der Waals surface area contributed by atoms with Gasteiger partial charge in [0.25, 0.3) is 0 Å². The van der Waals surface area contributed by atoms with Crippen LogP contribution in [0, 0.1) is 13.8 Å². The summed E-state index contributed by atoms with van der Waals surface area (Å²) in [5.41, 5.74) is 4.11. The lowest BCUT2D eigenvalue weighted by molar-refractivity contribution is 0.219. The Morgan fingerprint density at radius 1 is 1.31 bits per heavy atom. The molecule has 0 saturated heterocycles. The van der Waals surface area contributed by atoms with Crippen LogP contribution in [0.2, 0.25) is 0 Å². The second-order valence-corrected chi connectivity index (χ2v) is 4.14. The topological polar surface area (TPSA) is 38.1 Å². The summed E-state index contributed by atoms with van der Waals surface area (Å²) >= 11 is 0. The van der Waals surface area contributed by atoms with Gasteiger partial charge in [-0.05, 0) is 30.5 Å². The molecule has 1 heterocycles. The minimum Gasteiger partial charge on any atom is -0.384 e. The van der Waals surface area contributed by atoms with Gasteiger partial charge in [-0.2, -0.15) is 5.10 Å². The predicted molar refractivity (Wildman–Crippen MR) is 63.2 cm³/mol. The zero-order valence-electron chi connectivity index (χ0n) is 9.81. The van der Waals surface area contributed by atoms with Crippen LogP contribution in [0.1, 0.15) is 28.4 Å². The SMILES string of the molecule is Cc1cccc(C(O)c2cnn(C)c2)c1C. The number of aryl methyl sites for hydroxylation is 2. The van der Waals surface area contributed by atoms with Crippen LogP contribution in [0.15, 0.2) is 30.6 Å². The van der Waals surface area contributed by atoms with E-state index in [0.29, 0.717) is 0 Å². The van der Waals surface area contributed by atoms with Gasteiger partial charge in [-0.3, -0.25) is 4.68 Å². The Balaban J connectivity index is 2.41. The second-order valence-electron chi connectivity index (χ2n) is 4.14. The molecule has 1 atom stereocenters. The molecule has 3 heteroatoms. The molecule has 0 saturated carbocycles. The molecular weight excluding hydrogens is 200 g/mol. The normalized spacial score (nSPS) is 12.8. The Morgan fingerprint density at radius 3 is 2.69 bits per heavy atom. The molecule has 1 unspecified atom stereocenters. The van der Waals surface area contributed by atoms with Gasteiger partial charge in [0.1, 0.15) is 6.10 Å². The zero-order chi connectivity index (χ0) is 11.7. The maximum atomic E-state index is 10.3. The van der Waals surface area contributed by atoms with Crippen LogP contribution in [-0.4, -0.2) is 14.9 Å². The highest BCUT2D eigenvalue weighted by atomic mass is 16.3. The Hall–Kier alpha value is -1.61. The molecule has 0 aliphatic rings. The molecule has 1 aromatic heterocycles. The van der Waals surface area contributed by atoms with Crippen LogP contribution in [0.3, 0.4) is 0 Å². The number of aliphatic hydroxyl groups is 1. The van der Waals surface area contributed by atoms with Crippen molar-refractivity contribution >= 4 is 0 Å². The maximum absolute atomic E-state index is 10.3. The summed E-state index contributed by atoms with van der Waals surface area (Å²) in [6.07, 6.45) is 2.95. The summed E-state index contributed by atoms with van der Waals surface area (Å²) in [7, 11) is 1.85. The number of hydrogen-bond acceptors (Lipinski definition) is 2. The van der Waals surface area contributed by atoms with Gasteiger partial charge >= 0.3 is 0 Å². The van der Waals surface area contributed by atoms with Crippen LogP contribution in [-0.2, 0) is 7.05 Å². The van der Waals surface area contributed by atoms with Crippen molar-refractivity contribution in [1.82, 2.24) is 9.78 Å². The molecule has 0 spiro atoms. The first-order chi connectivity index (χ1) is 7.59. The van der Waals surface area contributed by atoms with Gasteiger partial charge in [-0.25, -0.2) is 0 Å². The van der Waals surface area contributed by atoms with E-state index in [1.165, 1.54) is 5.56 Å². The molecular formula is C13H16N2O. The number of benzene rings is 1. The molecule has 1 N–H and O–H groups in total. The number of aliphatic hydroxyl groups excluding tert-OH is 1. The maximum Gasteiger partial charge on any atom is 0.107 e. The van der Waals surface area contributed by atoms with Crippen molar-refractivity contribution in [2.24, 2.45) is 7.05 Å². The summed E-state index contributed by atoms with van der Waals surface area (Å²) in [5.74, 6) is 0. The standard InChI is InChI=1S/C13H16N2O/c1-9-5-4-6-12(10(9)2)13(16)11-7-14-15(3)8-11/h4-8,13,16H,1-3H3. The van der Waals surface area contributed by atoms with Crippen LogP contribution < -0.4 is 0 Å². The monoisotopic (exact) mass is 216 g/mol. The lowest BCUT2D eigenvalue weighted by atomic mass is 9.96. The van der Waals surface area contributed by atoms with Crippen molar-refractivity contribution in [3.05, 3.63) is 52.8 Å².